The molecule has 0 amide bonds. The first kappa shape index (κ1) is 21.9. The molecule has 3 aliphatic heterocycles. The van der Waals surface area contributed by atoms with Gasteiger partial charge in [-0.25, -0.2) is 0 Å². The van der Waals surface area contributed by atoms with Gasteiger partial charge in [0.25, 0.3) is 0 Å². The zero-order valence-electron chi connectivity index (χ0n) is 20.1. The van der Waals surface area contributed by atoms with E-state index in [2.05, 4.69) is 157 Å². The lowest BCUT2D eigenvalue weighted by Gasteiger charge is -2.33. The van der Waals surface area contributed by atoms with Gasteiger partial charge in [-0.15, -0.1) is 0 Å². The van der Waals surface area contributed by atoms with Gasteiger partial charge in [-0.2, -0.15) is 0 Å². The van der Waals surface area contributed by atoms with Crippen molar-refractivity contribution in [1.29, 1.82) is 0 Å². The van der Waals surface area contributed by atoms with Crippen LogP contribution in [0.4, 0.5) is 0 Å². The minimum Gasteiger partial charge on any atom is -0.311 e. The zero-order valence-corrected chi connectivity index (χ0v) is 20.1. The van der Waals surface area contributed by atoms with Gasteiger partial charge in [0.05, 0.1) is 0 Å². The summed E-state index contributed by atoms with van der Waals surface area (Å²) >= 11 is 0. The van der Waals surface area contributed by atoms with E-state index in [1.165, 1.54) is 49.8 Å². The molecule has 0 atom stereocenters. The Kier molecular flexibility index (Phi) is 6.04. The molecule has 0 radical (unpaired) electrons. The van der Waals surface area contributed by atoms with Gasteiger partial charge in [0.15, 0.2) is 0 Å². The fourth-order valence-corrected chi connectivity index (χ4v) is 5.00. The molecule has 4 aromatic rings. The van der Waals surface area contributed by atoms with Crippen LogP contribution in [0.5, 0.6) is 0 Å². The van der Waals surface area contributed by atoms with Crippen LogP contribution < -0.4 is 0 Å². The number of hydrogen-bond donors (Lipinski definition) is 0. The van der Waals surface area contributed by atoms with Crippen molar-refractivity contribution >= 4 is 27.6 Å². The van der Waals surface area contributed by atoms with E-state index in [0.717, 1.165) is 6.42 Å². The van der Waals surface area contributed by atoms with Crippen LogP contribution in [-0.2, 0) is 6.42 Å². The Morgan fingerprint density at radius 3 is 1.53 bits per heavy atom. The smallest absolute Gasteiger partial charge is 0.0461 e. The average molecular weight is 462 g/mol. The minimum absolute atomic E-state index is 1.08. The Balaban J connectivity index is 0.000000101. The van der Waals surface area contributed by atoms with Crippen LogP contribution in [0.15, 0.2) is 163 Å². The van der Waals surface area contributed by atoms with Crippen molar-refractivity contribution in [3.63, 3.8) is 0 Å². The number of fused-ring (bicyclic) bond motifs is 1. The van der Waals surface area contributed by atoms with Crippen LogP contribution in [0.25, 0.3) is 27.6 Å². The van der Waals surface area contributed by atoms with E-state index in [4.69, 9.17) is 0 Å². The number of allylic oxidation sites excluding steroid dienone is 10. The molecule has 8 rings (SSSR count). The molecule has 0 spiro atoms. The summed E-state index contributed by atoms with van der Waals surface area (Å²) in [5, 5.41) is 5.42. The monoisotopic (exact) mass is 461 g/mol. The maximum absolute atomic E-state index is 2.25. The molecule has 0 aromatic heterocycles. The Bertz CT molecular complexity index is 1520. The largest absolute Gasteiger partial charge is 0.311 e. The molecule has 4 aliphatic rings. The molecule has 4 aromatic carbocycles. The summed E-state index contributed by atoms with van der Waals surface area (Å²) in [5.41, 5.74) is 6.55. The highest BCUT2D eigenvalue weighted by molar-refractivity contribution is 5.94. The van der Waals surface area contributed by atoms with Crippen molar-refractivity contribution in [2.24, 2.45) is 0 Å². The van der Waals surface area contributed by atoms with Gasteiger partial charge in [-0.05, 0) is 75.5 Å². The van der Waals surface area contributed by atoms with Crippen molar-refractivity contribution in [1.82, 2.24) is 4.90 Å². The summed E-state index contributed by atoms with van der Waals surface area (Å²) in [4.78, 5) is 2.25. The van der Waals surface area contributed by atoms with Crippen LogP contribution in [0.3, 0.4) is 0 Å². The molecule has 1 nitrogen and oxygen atoms in total. The van der Waals surface area contributed by atoms with E-state index in [1.807, 2.05) is 0 Å². The number of hydrogen-bond acceptors (Lipinski definition) is 1. The predicted molar refractivity (Wildman–Crippen MR) is 154 cm³/mol. The van der Waals surface area contributed by atoms with Crippen LogP contribution >= 0.6 is 0 Å². The summed E-state index contributed by atoms with van der Waals surface area (Å²) in [6.45, 7) is 0. The van der Waals surface area contributed by atoms with E-state index < -0.39 is 0 Å². The molecular weight excluding hydrogens is 434 g/mol. The molecule has 3 heterocycles. The fraction of sp³-hybridized carbons (Fsp3) is 0.0286. The zero-order chi connectivity index (χ0) is 24.2. The lowest BCUT2D eigenvalue weighted by molar-refractivity contribution is 0.563. The minimum atomic E-state index is 1.08. The van der Waals surface area contributed by atoms with E-state index in [0.29, 0.717) is 0 Å². The van der Waals surface area contributed by atoms with Crippen LogP contribution in [0.1, 0.15) is 11.1 Å². The summed E-state index contributed by atoms with van der Waals surface area (Å²) < 4.78 is 0. The van der Waals surface area contributed by atoms with Crippen molar-refractivity contribution in [2.45, 2.75) is 6.42 Å². The van der Waals surface area contributed by atoms with Crippen molar-refractivity contribution in [2.75, 3.05) is 0 Å². The Morgan fingerprint density at radius 2 is 0.972 bits per heavy atom. The first-order valence-corrected chi connectivity index (χ1v) is 12.4. The first-order chi connectivity index (χ1) is 17.9. The molecule has 0 fully saturated rings. The standard InChI is InChI=1S/C13H10.C12H9N.C10H8/c2*1-4-10-6-2-8-12-9-3-7-11(5-1)13(10)12;1-2-6-10-8-4-3-7-9(10)5-1/h1-8H,9H2;1-9H;1-8H. The second kappa shape index (κ2) is 9.93. The summed E-state index contributed by atoms with van der Waals surface area (Å²) in [6.07, 6.45) is 24.5. The fourth-order valence-electron chi connectivity index (χ4n) is 5.00. The molecule has 0 bridgehead atoms. The summed E-state index contributed by atoms with van der Waals surface area (Å²) in [5.74, 6) is 0. The van der Waals surface area contributed by atoms with E-state index in [9.17, 15) is 0 Å². The van der Waals surface area contributed by atoms with E-state index in [-0.39, 0.29) is 0 Å². The highest BCUT2D eigenvalue weighted by atomic mass is 15.2. The number of benzene rings is 4. The molecule has 0 N–H and O–H groups in total. The van der Waals surface area contributed by atoms with Crippen LogP contribution in [0.2, 0.25) is 0 Å². The van der Waals surface area contributed by atoms with Crippen molar-refractivity contribution < 1.29 is 0 Å². The normalized spacial score (nSPS) is 15.7. The third-order valence-electron chi connectivity index (χ3n) is 6.69. The molecule has 1 aliphatic carbocycles. The maximum Gasteiger partial charge on any atom is 0.0461 e. The quantitative estimate of drug-likeness (QED) is 0.253. The number of rotatable bonds is 0. The first-order valence-electron chi connectivity index (χ1n) is 12.4. The third kappa shape index (κ3) is 4.39. The second-order valence-corrected chi connectivity index (χ2v) is 9.00. The molecule has 0 saturated heterocycles. The highest BCUT2D eigenvalue weighted by Gasteiger charge is 2.19. The topological polar surface area (TPSA) is 3.24 Å². The summed E-state index contributed by atoms with van der Waals surface area (Å²) in [7, 11) is 0. The lowest BCUT2D eigenvalue weighted by Crippen LogP contribution is -2.23. The van der Waals surface area contributed by atoms with Gasteiger partial charge in [0.1, 0.15) is 0 Å². The Hall–Kier alpha value is -4.62. The maximum atomic E-state index is 2.25. The second-order valence-electron chi connectivity index (χ2n) is 9.00. The van der Waals surface area contributed by atoms with E-state index in [1.54, 1.807) is 0 Å². The lowest BCUT2D eigenvalue weighted by atomic mass is 9.93. The van der Waals surface area contributed by atoms with Gasteiger partial charge in [-0.1, -0.05) is 115 Å². The van der Waals surface area contributed by atoms with Gasteiger partial charge in [-0.3, -0.25) is 0 Å². The van der Waals surface area contributed by atoms with Crippen LogP contribution in [0, 0.1) is 0 Å². The number of nitrogens with zero attached hydrogens (tertiary/aromatic N) is 1. The van der Waals surface area contributed by atoms with Crippen molar-refractivity contribution in [3.8, 4) is 0 Å². The molecule has 0 saturated carbocycles. The van der Waals surface area contributed by atoms with Gasteiger partial charge in [0.2, 0.25) is 0 Å². The molecule has 1 heteroatoms. The predicted octanol–water partition coefficient (Wildman–Crippen LogP) is 8.90. The third-order valence-corrected chi connectivity index (χ3v) is 6.69. The van der Waals surface area contributed by atoms with Gasteiger partial charge in [0, 0.05) is 17.1 Å². The van der Waals surface area contributed by atoms with E-state index >= 15 is 0 Å². The average Bonchev–Trinajstić information content (AvgIpc) is 2.95. The highest BCUT2D eigenvalue weighted by Crippen LogP contribution is 2.31. The molecule has 0 unspecified atom stereocenters. The Morgan fingerprint density at radius 1 is 0.472 bits per heavy atom. The van der Waals surface area contributed by atoms with Crippen LogP contribution in [-0.4, -0.2) is 4.90 Å². The van der Waals surface area contributed by atoms with Crippen molar-refractivity contribution in [3.05, 3.63) is 174 Å². The molecule has 172 valence electrons. The van der Waals surface area contributed by atoms with Gasteiger partial charge < -0.3 is 4.90 Å². The Labute approximate surface area is 212 Å². The molecular formula is C35H27N. The summed E-state index contributed by atoms with van der Waals surface area (Å²) in [6, 6.07) is 29.7. The molecule has 36 heavy (non-hydrogen) atoms. The van der Waals surface area contributed by atoms with Gasteiger partial charge >= 0.3 is 0 Å². The SMILES string of the molecule is C1=CC2=CC=CC3=CC=CC(=C1)N23.C1=Cc2cccc3cccc(c23)C1.c1ccc2ccccc2c1.